The van der Waals surface area contributed by atoms with E-state index >= 15 is 0 Å². The van der Waals surface area contributed by atoms with Gasteiger partial charge < -0.3 is 9.73 Å². The van der Waals surface area contributed by atoms with Gasteiger partial charge in [0, 0.05) is 32.6 Å². The monoisotopic (exact) mass is 339 g/mol. The van der Waals surface area contributed by atoms with E-state index in [0.29, 0.717) is 11.1 Å². The van der Waals surface area contributed by atoms with E-state index in [2.05, 4.69) is 10.0 Å². The van der Waals surface area contributed by atoms with Crippen molar-refractivity contribution in [1.29, 1.82) is 0 Å². The van der Waals surface area contributed by atoms with Crippen LogP contribution in [0.4, 0.5) is 0 Å². The molecule has 1 amide bonds. The van der Waals surface area contributed by atoms with Gasteiger partial charge in [-0.3, -0.25) is 4.79 Å². The van der Waals surface area contributed by atoms with Gasteiger partial charge in [0.1, 0.15) is 11.8 Å². The number of fused-ring (bicyclic) bond motifs is 1. The summed E-state index contributed by atoms with van der Waals surface area (Å²) in [5.74, 6) is -0.291. The molecule has 0 aliphatic heterocycles. The molecule has 23 heavy (non-hydrogen) atoms. The van der Waals surface area contributed by atoms with Gasteiger partial charge in [0.25, 0.3) is 16.1 Å². The predicted molar refractivity (Wildman–Crippen MR) is 88.5 cm³/mol. The molecule has 0 aliphatic carbocycles. The molecule has 0 aliphatic rings. The fourth-order valence-corrected chi connectivity index (χ4v) is 2.67. The highest BCUT2D eigenvalue weighted by Gasteiger charge is 2.15. The molecule has 1 aromatic heterocycles. The van der Waals surface area contributed by atoms with E-state index in [1.54, 1.807) is 0 Å². The first-order chi connectivity index (χ1) is 10.8. The molecule has 0 spiro atoms. The van der Waals surface area contributed by atoms with Gasteiger partial charge in [-0.15, -0.1) is 0 Å². The molecular weight excluding hydrogens is 318 g/mol. The van der Waals surface area contributed by atoms with Crippen LogP contribution in [-0.4, -0.2) is 45.8 Å². The standard InChI is InChI=1S/C15H21N3O4S/c1-4-11-5-6-14-12(9-11)13(10-22-14)15(19)16-7-8-17-23(20,21)18(2)3/h5-6,9-10,17H,4,7-8H2,1-3H3,(H,16,19). The number of rotatable bonds is 7. The second kappa shape index (κ2) is 7.12. The van der Waals surface area contributed by atoms with Gasteiger partial charge in [-0.1, -0.05) is 13.0 Å². The third-order valence-corrected chi connectivity index (χ3v) is 5.00. The van der Waals surface area contributed by atoms with Crippen LogP contribution < -0.4 is 10.0 Å². The van der Waals surface area contributed by atoms with Crippen molar-refractivity contribution in [3.05, 3.63) is 35.6 Å². The van der Waals surface area contributed by atoms with Crippen molar-refractivity contribution < 1.29 is 17.6 Å². The first-order valence-corrected chi connectivity index (χ1v) is 8.74. The number of furan rings is 1. The van der Waals surface area contributed by atoms with Crippen LogP contribution in [-0.2, 0) is 16.6 Å². The van der Waals surface area contributed by atoms with Gasteiger partial charge in [-0.05, 0) is 24.1 Å². The number of benzene rings is 1. The largest absolute Gasteiger partial charge is 0.463 e. The quantitative estimate of drug-likeness (QED) is 0.740. The lowest BCUT2D eigenvalue weighted by atomic mass is 10.1. The van der Waals surface area contributed by atoms with Gasteiger partial charge in [0.2, 0.25) is 0 Å². The van der Waals surface area contributed by atoms with Gasteiger partial charge in [0.05, 0.1) is 5.56 Å². The lowest BCUT2D eigenvalue weighted by molar-refractivity contribution is 0.0955. The Hall–Kier alpha value is -1.90. The van der Waals surface area contributed by atoms with Crippen molar-refractivity contribution >= 4 is 27.1 Å². The van der Waals surface area contributed by atoms with Crippen LogP contribution in [0.1, 0.15) is 22.8 Å². The second-order valence-electron chi connectivity index (χ2n) is 5.27. The zero-order chi connectivity index (χ0) is 17.0. The molecular formula is C15H21N3O4S. The summed E-state index contributed by atoms with van der Waals surface area (Å²) in [6.45, 7) is 2.34. The number of nitrogens with one attached hydrogen (secondary N) is 2. The van der Waals surface area contributed by atoms with E-state index in [9.17, 15) is 13.2 Å². The van der Waals surface area contributed by atoms with Gasteiger partial charge >= 0.3 is 0 Å². The molecule has 2 rings (SSSR count). The fraction of sp³-hybridized carbons (Fsp3) is 0.400. The Bertz CT molecular complexity index is 796. The van der Waals surface area contributed by atoms with E-state index in [1.807, 2.05) is 25.1 Å². The average Bonchev–Trinajstić information content (AvgIpc) is 2.94. The molecule has 0 atom stereocenters. The minimum Gasteiger partial charge on any atom is -0.463 e. The Morgan fingerprint density at radius 1 is 1.26 bits per heavy atom. The first kappa shape index (κ1) is 17.5. The molecule has 1 heterocycles. The molecule has 0 fully saturated rings. The molecule has 1 aromatic carbocycles. The third-order valence-electron chi connectivity index (χ3n) is 3.47. The van der Waals surface area contributed by atoms with Crippen molar-refractivity contribution in [2.45, 2.75) is 13.3 Å². The van der Waals surface area contributed by atoms with E-state index in [4.69, 9.17) is 4.42 Å². The van der Waals surface area contributed by atoms with Crippen LogP contribution in [0, 0.1) is 0 Å². The summed E-state index contributed by atoms with van der Waals surface area (Å²) in [6, 6.07) is 5.74. The Morgan fingerprint density at radius 2 is 2.00 bits per heavy atom. The average molecular weight is 339 g/mol. The topological polar surface area (TPSA) is 91.6 Å². The maximum Gasteiger partial charge on any atom is 0.278 e. The van der Waals surface area contributed by atoms with Crippen LogP contribution in [0.15, 0.2) is 28.9 Å². The Kier molecular flexibility index (Phi) is 5.40. The lowest BCUT2D eigenvalue weighted by Crippen LogP contribution is -2.40. The summed E-state index contributed by atoms with van der Waals surface area (Å²) in [5, 5.41) is 3.44. The van der Waals surface area contributed by atoms with E-state index in [1.165, 1.54) is 20.4 Å². The molecule has 0 unspecified atom stereocenters. The van der Waals surface area contributed by atoms with Crippen molar-refractivity contribution in [2.75, 3.05) is 27.2 Å². The zero-order valence-corrected chi connectivity index (χ0v) is 14.2. The van der Waals surface area contributed by atoms with Crippen molar-refractivity contribution in [1.82, 2.24) is 14.3 Å². The number of aryl methyl sites for hydroxylation is 1. The molecule has 7 nitrogen and oxygen atoms in total. The number of hydrogen-bond acceptors (Lipinski definition) is 4. The summed E-state index contributed by atoms with van der Waals surface area (Å²) in [4.78, 5) is 12.2. The highest BCUT2D eigenvalue weighted by atomic mass is 32.2. The number of carbonyl (C=O) groups excluding carboxylic acids is 1. The molecule has 2 N–H and O–H groups in total. The minimum absolute atomic E-state index is 0.113. The van der Waals surface area contributed by atoms with E-state index in [-0.39, 0.29) is 19.0 Å². The number of carbonyl (C=O) groups is 1. The molecule has 0 saturated heterocycles. The summed E-state index contributed by atoms with van der Waals surface area (Å²) in [5.41, 5.74) is 2.22. The van der Waals surface area contributed by atoms with Gasteiger partial charge in [0.15, 0.2) is 0 Å². The lowest BCUT2D eigenvalue weighted by Gasteiger charge is -2.12. The van der Waals surface area contributed by atoms with E-state index < -0.39 is 10.2 Å². The second-order valence-corrected chi connectivity index (χ2v) is 7.24. The fourth-order valence-electron chi connectivity index (χ4n) is 2.05. The summed E-state index contributed by atoms with van der Waals surface area (Å²) in [6.07, 6.45) is 2.29. The van der Waals surface area contributed by atoms with Gasteiger partial charge in [-0.25, -0.2) is 4.72 Å². The Labute approximate surface area is 135 Å². The SMILES string of the molecule is CCc1ccc2occ(C(=O)NCCNS(=O)(=O)N(C)C)c2c1. The van der Waals surface area contributed by atoms with Crippen LogP contribution in [0.3, 0.4) is 0 Å². The summed E-state index contributed by atoms with van der Waals surface area (Å²) in [7, 11) is -0.611. The molecule has 8 heteroatoms. The molecule has 0 saturated carbocycles. The third kappa shape index (κ3) is 4.10. The Morgan fingerprint density at radius 3 is 2.65 bits per heavy atom. The Balaban J connectivity index is 1.99. The molecule has 2 aromatic rings. The number of nitrogens with zero attached hydrogens (tertiary/aromatic N) is 1. The van der Waals surface area contributed by atoms with Crippen LogP contribution in [0.25, 0.3) is 11.0 Å². The predicted octanol–water partition coefficient (Wildman–Crippen LogP) is 1.12. The maximum absolute atomic E-state index is 12.2. The van der Waals surface area contributed by atoms with Crippen molar-refractivity contribution in [3.8, 4) is 0 Å². The summed E-state index contributed by atoms with van der Waals surface area (Å²) < 4.78 is 31.9. The van der Waals surface area contributed by atoms with E-state index in [0.717, 1.165) is 21.7 Å². The highest BCUT2D eigenvalue weighted by molar-refractivity contribution is 7.87. The van der Waals surface area contributed by atoms with Crippen LogP contribution in [0.2, 0.25) is 0 Å². The normalized spacial score (nSPS) is 12.0. The van der Waals surface area contributed by atoms with Crippen molar-refractivity contribution in [2.24, 2.45) is 0 Å². The number of amides is 1. The van der Waals surface area contributed by atoms with Gasteiger partial charge in [-0.2, -0.15) is 12.7 Å². The first-order valence-electron chi connectivity index (χ1n) is 7.30. The van der Waals surface area contributed by atoms with Crippen LogP contribution in [0.5, 0.6) is 0 Å². The zero-order valence-electron chi connectivity index (χ0n) is 13.4. The molecule has 0 radical (unpaired) electrons. The summed E-state index contributed by atoms with van der Waals surface area (Å²) >= 11 is 0. The maximum atomic E-state index is 12.2. The van der Waals surface area contributed by atoms with Crippen LogP contribution >= 0.6 is 0 Å². The smallest absolute Gasteiger partial charge is 0.278 e. The van der Waals surface area contributed by atoms with Crippen molar-refractivity contribution in [3.63, 3.8) is 0 Å². The minimum atomic E-state index is -3.48. The molecule has 126 valence electrons. The highest BCUT2D eigenvalue weighted by Crippen LogP contribution is 2.22. The molecule has 0 bridgehead atoms. The number of hydrogen-bond donors (Lipinski definition) is 2.